The van der Waals surface area contributed by atoms with E-state index < -0.39 is 0 Å². The van der Waals surface area contributed by atoms with E-state index in [1.54, 1.807) is 0 Å². The molecule has 0 spiro atoms. The molecule has 2 aromatic carbocycles. The fraction of sp³-hybridized carbons (Fsp3) is 0.250. The Hall–Kier alpha value is -2.29. The number of hydrogen-bond donors (Lipinski definition) is 0. The van der Waals surface area contributed by atoms with Crippen molar-refractivity contribution in [3.05, 3.63) is 79.4 Å². The first-order chi connectivity index (χ1) is 11.2. The summed E-state index contributed by atoms with van der Waals surface area (Å²) in [5.74, 6) is 0. The Morgan fingerprint density at radius 2 is 1.48 bits per heavy atom. The van der Waals surface area contributed by atoms with E-state index in [1.807, 2.05) is 18.7 Å². The summed E-state index contributed by atoms with van der Waals surface area (Å²) in [6, 6.07) is 21.8. The first-order valence-corrected chi connectivity index (χ1v) is 8.29. The molecule has 1 unspecified atom stereocenters. The van der Waals surface area contributed by atoms with Crippen molar-refractivity contribution < 1.29 is 0 Å². The summed E-state index contributed by atoms with van der Waals surface area (Å²) in [6.45, 7) is 7.08. The second-order valence-corrected chi connectivity index (χ2v) is 5.81. The minimum absolute atomic E-state index is 0.484. The zero-order valence-electron chi connectivity index (χ0n) is 14.3. The average Bonchev–Trinajstić information content (AvgIpc) is 3.17. The molecular weight excluding hydrogens is 279 g/mol. The monoisotopic (exact) mass is 304 g/mol. The quantitative estimate of drug-likeness (QED) is 0.671. The molecule has 3 rings (SSSR count). The fourth-order valence-electron chi connectivity index (χ4n) is 2.42. The molecular formula is C20H25BN2. The number of nitrogens with zero attached hydrogens (tertiary/aromatic N) is 2. The Morgan fingerprint density at radius 3 is 1.87 bits per heavy atom. The van der Waals surface area contributed by atoms with Crippen LogP contribution >= 0.6 is 0 Å². The van der Waals surface area contributed by atoms with Gasteiger partial charge in [0.15, 0.2) is 0 Å². The van der Waals surface area contributed by atoms with Crippen molar-refractivity contribution in [2.75, 3.05) is 0 Å². The molecule has 1 atom stereocenters. The van der Waals surface area contributed by atoms with E-state index in [9.17, 15) is 0 Å². The van der Waals surface area contributed by atoms with Gasteiger partial charge in [0.1, 0.15) is 0 Å². The van der Waals surface area contributed by atoms with Gasteiger partial charge in [0, 0.05) is 18.4 Å². The van der Waals surface area contributed by atoms with Gasteiger partial charge in [0.25, 0.3) is 0 Å². The van der Waals surface area contributed by atoms with Crippen LogP contribution in [0.15, 0.2) is 79.4 Å². The third-order valence-electron chi connectivity index (χ3n) is 4.22. The van der Waals surface area contributed by atoms with Crippen LogP contribution in [0.2, 0.25) is 6.82 Å². The first-order valence-electron chi connectivity index (χ1n) is 8.29. The van der Waals surface area contributed by atoms with Crippen molar-refractivity contribution in [3.8, 4) is 0 Å². The number of imidazole rings is 1. The first kappa shape index (κ1) is 17.1. The van der Waals surface area contributed by atoms with Gasteiger partial charge >= 0.3 is 0 Å². The summed E-state index contributed by atoms with van der Waals surface area (Å²) >= 11 is 0. The topological polar surface area (TPSA) is 17.8 Å². The van der Waals surface area contributed by atoms with Crippen LogP contribution < -0.4 is 10.9 Å². The van der Waals surface area contributed by atoms with E-state index >= 15 is 0 Å². The summed E-state index contributed by atoms with van der Waals surface area (Å²) in [6.07, 6.45) is 6.82. The molecule has 0 N–H and O–H groups in total. The highest BCUT2D eigenvalue weighted by Gasteiger charge is 2.10. The minimum Gasteiger partial charge on any atom is -0.335 e. The van der Waals surface area contributed by atoms with Gasteiger partial charge in [-0.3, -0.25) is 0 Å². The molecule has 1 aromatic heterocycles. The number of rotatable bonds is 4. The van der Waals surface area contributed by atoms with Crippen LogP contribution in [-0.4, -0.2) is 16.3 Å². The lowest BCUT2D eigenvalue weighted by Crippen LogP contribution is -2.38. The molecule has 3 heteroatoms. The molecule has 0 aliphatic heterocycles. The van der Waals surface area contributed by atoms with Crippen LogP contribution in [0.5, 0.6) is 0 Å². The molecule has 2 nitrogen and oxygen atoms in total. The summed E-state index contributed by atoms with van der Waals surface area (Å²) in [7, 11) is 0. The van der Waals surface area contributed by atoms with Gasteiger partial charge in [-0.2, -0.15) is 0 Å². The zero-order chi connectivity index (χ0) is 16.5. The highest BCUT2D eigenvalue weighted by atomic mass is 15.0. The Kier molecular flexibility index (Phi) is 6.67. The molecule has 23 heavy (non-hydrogen) atoms. The molecule has 0 aliphatic carbocycles. The minimum atomic E-state index is 0.484. The normalized spacial score (nSPS) is 11.3. The highest BCUT2D eigenvalue weighted by molar-refractivity contribution is 6.84. The fourth-order valence-corrected chi connectivity index (χ4v) is 2.42. The van der Waals surface area contributed by atoms with Gasteiger partial charge < -0.3 is 4.57 Å². The van der Waals surface area contributed by atoms with Crippen LogP contribution in [0.4, 0.5) is 0 Å². The Bertz CT molecular complexity index is 611. The molecule has 3 aromatic rings. The van der Waals surface area contributed by atoms with Gasteiger partial charge in [-0.1, -0.05) is 85.3 Å². The molecule has 0 aliphatic rings. The van der Waals surface area contributed by atoms with Crippen molar-refractivity contribution in [2.45, 2.75) is 33.1 Å². The lowest BCUT2D eigenvalue weighted by atomic mass is 9.43. The molecule has 0 bridgehead atoms. The number of aromatic nitrogens is 2. The van der Waals surface area contributed by atoms with Gasteiger partial charge in [0.05, 0.1) is 6.33 Å². The van der Waals surface area contributed by atoms with Crippen LogP contribution in [-0.2, 0) is 0 Å². The van der Waals surface area contributed by atoms with E-state index in [1.165, 1.54) is 10.9 Å². The maximum absolute atomic E-state index is 3.95. The SMILES string of the molecule is CB(c1ccccc1)c1ccccc1.CCC(C)n1ccnc1. The maximum Gasteiger partial charge on any atom is 0.206 e. The maximum atomic E-state index is 3.95. The molecule has 0 fully saturated rings. The third-order valence-corrected chi connectivity index (χ3v) is 4.22. The van der Waals surface area contributed by atoms with E-state index in [2.05, 4.69) is 90.9 Å². The lowest BCUT2D eigenvalue weighted by Gasteiger charge is -2.08. The van der Waals surface area contributed by atoms with E-state index in [0.717, 1.165) is 6.42 Å². The van der Waals surface area contributed by atoms with Crippen molar-refractivity contribution in [1.29, 1.82) is 0 Å². The predicted molar refractivity (Wildman–Crippen MR) is 101 cm³/mol. The van der Waals surface area contributed by atoms with Crippen molar-refractivity contribution >= 4 is 17.6 Å². The van der Waals surface area contributed by atoms with Gasteiger partial charge in [-0.25, -0.2) is 4.98 Å². The van der Waals surface area contributed by atoms with Crippen LogP contribution in [0.3, 0.4) is 0 Å². The number of hydrogen-bond acceptors (Lipinski definition) is 1. The smallest absolute Gasteiger partial charge is 0.206 e. The Balaban J connectivity index is 0.000000185. The Morgan fingerprint density at radius 1 is 0.957 bits per heavy atom. The second kappa shape index (κ2) is 8.99. The molecule has 0 saturated heterocycles. The van der Waals surface area contributed by atoms with Crippen molar-refractivity contribution in [3.63, 3.8) is 0 Å². The van der Waals surface area contributed by atoms with Gasteiger partial charge in [-0.05, 0) is 13.3 Å². The zero-order valence-corrected chi connectivity index (χ0v) is 14.3. The van der Waals surface area contributed by atoms with Gasteiger partial charge in [0.2, 0.25) is 6.71 Å². The van der Waals surface area contributed by atoms with E-state index in [-0.39, 0.29) is 0 Å². The summed E-state index contributed by atoms with van der Waals surface area (Å²) < 4.78 is 2.11. The highest BCUT2D eigenvalue weighted by Crippen LogP contribution is 2.07. The van der Waals surface area contributed by atoms with Crippen molar-refractivity contribution in [1.82, 2.24) is 9.55 Å². The van der Waals surface area contributed by atoms with Gasteiger partial charge in [-0.15, -0.1) is 0 Å². The van der Waals surface area contributed by atoms with Crippen LogP contribution in [0.1, 0.15) is 26.3 Å². The van der Waals surface area contributed by atoms with E-state index in [0.29, 0.717) is 12.8 Å². The molecule has 1 heterocycles. The standard InChI is InChI=1S/C13H13B.C7H12N2/c1-14(12-8-4-2-5-9-12)13-10-6-3-7-11-13;1-3-7(2)9-5-4-8-6-9/h2-11H,1H3;4-7H,3H2,1-2H3. The van der Waals surface area contributed by atoms with Crippen LogP contribution in [0, 0.1) is 0 Å². The van der Waals surface area contributed by atoms with E-state index in [4.69, 9.17) is 0 Å². The largest absolute Gasteiger partial charge is 0.335 e. The molecule has 0 saturated carbocycles. The Labute approximate surface area is 140 Å². The number of benzene rings is 2. The van der Waals surface area contributed by atoms with Crippen molar-refractivity contribution in [2.24, 2.45) is 0 Å². The summed E-state index contributed by atoms with van der Waals surface area (Å²) in [4.78, 5) is 3.95. The summed E-state index contributed by atoms with van der Waals surface area (Å²) in [5.41, 5.74) is 2.75. The molecule has 0 radical (unpaired) electrons. The third kappa shape index (κ3) is 5.13. The lowest BCUT2D eigenvalue weighted by molar-refractivity contribution is 0.530. The molecule has 118 valence electrons. The average molecular weight is 304 g/mol. The predicted octanol–water partition coefficient (Wildman–Crippen LogP) is 3.78. The summed E-state index contributed by atoms with van der Waals surface area (Å²) in [5, 5.41) is 0. The van der Waals surface area contributed by atoms with Crippen LogP contribution in [0.25, 0.3) is 0 Å². The second-order valence-electron chi connectivity index (χ2n) is 5.81. The molecule has 0 amide bonds.